The van der Waals surface area contributed by atoms with Gasteiger partial charge in [-0.05, 0) is 72.4 Å². The molecule has 39 heavy (non-hydrogen) atoms. The summed E-state index contributed by atoms with van der Waals surface area (Å²) in [6, 6.07) is 31.1. The summed E-state index contributed by atoms with van der Waals surface area (Å²) >= 11 is 0. The molecule has 5 aromatic rings. The number of hydrogen-bond donors (Lipinski definition) is 1. The Bertz CT molecular complexity index is 1540. The van der Waals surface area contributed by atoms with Crippen LogP contribution < -0.4 is 10.1 Å². The highest BCUT2D eigenvalue weighted by atomic mass is 16.5. The average Bonchev–Trinajstić information content (AvgIpc) is 3.31. The van der Waals surface area contributed by atoms with Crippen molar-refractivity contribution in [3.8, 4) is 5.75 Å². The van der Waals surface area contributed by atoms with Crippen molar-refractivity contribution in [3.63, 3.8) is 0 Å². The first-order valence-corrected chi connectivity index (χ1v) is 14.0. The molecule has 0 radical (unpaired) electrons. The summed E-state index contributed by atoms with van der Waals surface area (Å²) in [6.45, 7) is 4.30. The maximum absolute atomic E-state index is 12.3. The highest BCUT2D eigenvalue weighted by molar-refractivity contribution is 5.83. The number of unbranched alkanes of at least 4 members (excludes halogenated alkanes) is 2. The van der Waals surface area contributed by atoms with Crippen molar-refractivity contribution in [1.82, 2.24) is 14.9 Å². The monoisotopic (exact) mass is 519 g/mol. The summed E-state index contributed by atoms with van der Waals surface area (Å²) in [5.41, 5.74) is 4.49. The molecule has 0 saturated heterocycles. The number of amides is 1. The largest absolute Gasteiger partial charge is 0.494 e. The maximum atomic E-state index is 12.3. The first-order valence-electron chi connectivity index (χ1n) is 14.0. The van der Waals surface area contributed by atoms with E-state index in [4.69, 9.17) is 9.72 Å². The van der Waals surface area contributed by atoms with Crippen molar-refractivity contribution in [2.24, 2.45) is 0 Å². The molecule has 1 N–H and O–H groups in total. The molecule has 4 aromatic carbocycles. The predicted molar refractivity (Wildman–Crippen MR) is 159 cm³/mol. The molecule has 1 heterocycles. The highest BCUT2D eigenvalue weighted by Gasteiger charge is 2.11. The second-order valence-corrected chi connectivity index (χ2v) is 10.1. The normalized spacial score (nSPS) is 11.2. The first-order chi connectivity index (χ1) is 19.2. The Morgan fingerprint density at radius 3 is 2.54 bits per heavy atom. The van der Waals surface area contributed by atoms with Gasteiger partial charge in [-0.1, -0.05) is 73.2 Å². The number of rotatable bonds is 13. The Labute approximate surface area is 230 Å². The molecule has 5 heteroatoms. The zero-order valence-corrected chi connectivity index (χ0v) is 22.7. The number of fused-ring (bicyclic) bond motifs is 2. The van der Waals surface area contributed by atoms with Crippen LogP contribution in [0.2, 0.25) is 0 Å². The van der Waals surface area contributed by atoms with Gasteiger partial charge in [-0.3, -0.25) is 4.79 Å². The van der Waals surface area contributed by atoms with Crippen molar-refractivity contribution in [3.05, 3.63) is 108 Å². The van der Waals surface area contributed by atoms with E-state index in [9.17, 15) is 4.79 Å². The van der Waals surface area contributed by atoms with E-state index >= 15 is 0 Å². The van der Waals surface area contributed by atoms with Crippen LogP contribution in [0.25, 0.3) is 21.8 Å². The average molecular weight is 520 g/mol. The lowest BCUT2D eigenvalue weighted by Crippen LogP contribution is -2.26. The molecule has 200 valence electrons. The van der Waals surface area contributed by atoms with Crippen LogP contribution in [-0.2, 0) is 24.2 Å². The lowest BCUT2D eigenvalue weighted by molar-refractivity contribution is -0.120. The molecule has 5 nitrogen and oxygen atoms in total. The van der Waals surface area contributed by atoms with E-state index in [2.05, 4.69) is 64.5 Å². The van der Waals surface area contributed by atoms with Gasteiger partial charge in [0, 0.05) is 19.5 Å². The van der Waals surface area contributed by atoms with Gasteiger partial charge in [-0.15, -0.1) is 0 Å². The molecule has 0 atom stereocenters. The van der Waals surface area contributed by atoms with Crippen LogP contribution in [0.1, 0.15) is 42.6 Å². The third-order valence-electron chi connectivity index (χ3n) is 7.26. The number of ether oxygens (including phenoxy) is 1. The molecule has 0 fully saturated rings. The maximum Gasteiger partial charge on any atom is 0.224 e. The van der Waals surface area contributed by atoms with E-state index in [1.54, 1.807) is 0 Å². The fourth-order valence-electron chi connectivity index (χ4n) is 5.09. The molecular formula is C34H37N3O2. The van der Waals surface area contributed by atoms with Crippen LogP contribution in [-0.4, -0.2) is 28.6 Å². The molecular weight excluding hydrogens is 482 g/mol. The molecule has 1 aromatic heterocycles. The van der Waals surface area contributed by atoms with Gasteiger partial charge in [-0.2, -0.15) is 0 Å². The van der Waals surface area contributed by atoms with E-state index in [0.29, 0.717) is 19.6 Å². The van der Waals surface area contributed by atoms with E-state index in [1.165, 1.54) is 16.3 Å². The van der Waals surface area contributed by atoms with Crippen LogP contribution in [0.3, 0.4) is 0 Å². The molecule has 5 rings (SSSR count). The number of aromatic nitrogens is 2. The number of aryl methyl sites for hydroxylation is 3. The standard InChI is InChI=1S/C34H37N3O2/c1-26-12-4-5-14-28(26)25-34(38)35-21-10-2-3-18-33-36-31-16-8-9-17-32(31)37(33)22-11-23-39-30-20-19-27-13-6-7-15-29(27)24-30/h4-9,12-17,19-20,24H,2-3,10-11,18,21-23,25H2,1H3,(H,35,38). The summed E-state index contributed by atoms with van der Waals surface area (Å²) in [5.74, 6) is 2.14. The van der Waals surface area contributed by atoms with Crippen molar-refractivity contribution in [2.75, 3.05) is 13.2 Å². The van der Waals surface area contributed by atoms with E-state index in [1.807, 2.05) is 43.3 Å². The minimum atomic E-state index is 0.0944. The Balaban J connectivity index is 1.08. The van der Waals surface area contributed by atoms with Crippen LogP contribution in [0.4, 0.5) is 0 Å². The van der Waals surface area contributed by atoms with Crippen LogP contribution in [0.5, 0.6) is 5.75 Å². The second-order valence-electron chi connectivity index (χ2n) is 10.1. The summed E-state index contributed by atoms with van der Waals surface area (Å²) in [5, 5.41) is 5.50. The van der Waals surface area contributed by atoms with Crippen LogP contribution in [0, 0.1) is 6.92 Å². The zero-order valence-electron chi connectivity index (χ0n) is 22.7. The van der Waals surface area contributed by atoms with Gasteiger partial charge in [0.1, 0.15) is 11.6 Å². The van der Waals surface area contributed by atoms with E-state index in [-0.39, 0.29) is 5.91 Å². The van der Waals surface area contributed by atoms with Crippen LogP contribution in [0.15, 0.2) is 91.0 Å². The van der Waals surface area contributed by atoms with Gasteiger partial charge in [0.05, 0.1) is 24.1 Å². The predicted octanol–water partition coefficient (Wildman–Crippen LogP) is 7.04. The third-order valence-corrected chi connectivity index (χ3v) is 7.26. The SMILES string of the molecule is Cc1ccccc1CC(=O)NCCCCCc1nc2ccccc2n1CCCOc1ccc2ccccc2c1. The Morgan fingerprint density at radius 1 is 0.846 bits per heavy atom. The minimum Gasteiger partial charge on any atom is -0.494 e. The summed E-state index contributed by atoms with van der Waals surface area (Å²) in [6.07, 6.45) is 5.36. The second kappa shape index (κ2) is 13.1. The molecule has 1 amide bonds. The number of hydrogen-bond acceptors (Lipinski definition) is 3. The number of para-hydroxylation sites is 2. The van der Waals surface area contributed by atoms with Crippen molar-refractivity contribution in [1.29, 1.82) is 0 Å². The minimum absolute atomic E-state index is 0.0944. The summed E-state index contributed by atoms with van der Waals surface area (Å²) in [7, 11) is 0. The molecule has 0 aliphatic carbocycles. The highest BCUT2D eigenvalue weighted by Crippen LogP contribution is 2.22. The van der Waals surface area contributed by atoms with E-state index < -0.39 is 0 Å². The van der Waals surface area contributed by atoms with Crippen molar-refractivity contribution in [2.45, 2.75) is 52.0 Å². The van der Waals surface area contributed by atoms with Gasteiger partial charge >= 0.3 is 0 Å². The third kappa shape index (κ3) is 7.05. The van der Waals surface area contributed by atoms with Gasteiger partial charge in [-0.25, -0.2) is 4.98 Å². The number of carbonyl (C=O) groups excluding carboxylic acids is 1. The quantitative estimate of drug-likeness (QED) is 0.170. The molecule has 0 aliphatic heterocycles. The zero-order chi connectivity index (χ0) is 26.9. The lowest BCUT2D eigenvalue weighted by Gasteiger charge is -2.11. The number of nitrogens with zero attached hydrogens (tertiary/aromatic N) is 2. The lowest BCUT2D eigenvalue weighted by atomic mass is 10.1. The topological polar surface area (TPSA) is 56.2 Å². The number of carbonyl (C=O) groups is 1. The van der Waals surface area contributed by atoms with Crippen LogP contribution >= 0.6 is 0 Å². The molecule has 0 spiro atoms. The van der Waals surface area contributed by atoms with Gasteiger partial charge in [0.2, 0.25) is 5.91 Å². The Hall–Kier alpha value is -4.12. The van der Waals surface area contributed by atoms with Crippen molar-refractivity contribution < 1.29 is 9.53 Å². The molecule has 0 saturated carbocycles. The molecule has 0 bridgehead atoms. The number of nitrogens with one attached hydrogen (secondary N) is 1. The summed E-state index contributed by atoms with van der Waals surface area (Å²) in [4.78, 5) is 17.2. The summed E-state index contributed by atoms with van der Waals surface area (Å²) < 4.78 is 8.44. The fraction of sp³-hybridized carbons (Fsp3) is 0.294. The van der Waals surface area contributed by atoms with Gasteiger partial charge < -0.3 is 14.6 Å². The smallest absolute Gasteiger partial charge is 0.224 e. The fourth-order valence-corrected chi connectivity index (χ4v) is 5.09. The molecule has 0 aliphatic rings. The Kier molecular flexibility index (Phi) is 8.90. The Morgan fingerprint density at radius 2 is 1.64 bits per heavy atom. The number of imidazole rings is 1. The van der Waals surface area contributed by atoms with Crippen molar-refractivity contribution >= 4 is 27.7 Å². The van der Waals surface area contributed by atoms with Gasteiger partial charge in [0.15, 0.2) is 0 Å². The first kappa shape index (κ1) is 26.5. The van der Waals surface area contributed by atoms with Gasteiger partial charge in [0.25, 0.3) is 0 Å². The number of benzene rings is 4. The molecule has 0 unspecified atom stereocenters. The van der Waals surface area contributed by atoms with E-state index in [0.717, 1.165) is 66.9 Å².